The van der Waals surface area contributed by atoms with Crippen molar-refractivity contribution in [1.82, 2.24) is 5.32 Å². The molecule has 1 heterocycles. The third kappa shape index (κ3) is 4.85. The first-order valence-electron chi connectivity index (χ1n) is 8.61. The SMILES string of the molecule is COc1ccc(CC(=O)OCC(=O)NCc2ccc3c(c2)OCO3)c(OC)c1. The molecule has 0 aliphatic carbocycles. The average Bonchev–Trinajstić information content (AvgIpc) is 3.18. The Bertz CT molecular complexity index is 866. The van der Waals surface area contributed by atoms with Gasteiger partial charge in [0.15, 0.2) is 18.1 Å². The van der Waals surface area contributed by atoms with Gasteiger partial charge in [0.05, 0.1) is 20.6 Å². The Kier molecular flexibility index (Phi) is 6.21. The Hall–Kier alpha value is -3.42. The molecule has 28 heavy (non-hydrogen) atoms. The molecule has 0 bridgehead atoms. The maximum atomic E-state index is 12.0. The summed E-state index contributed by atoms with van der Waals surface area (Å²) < 4.78 is 25.9. The van der Waals surface area contributed by atoms with Gasteiger partial charge in [0, 0.05) is 18.2 Å². The number of esters is 1. The van der Waals surface area contributed by atoms with Gasteiger partial charge in [0.2, 0.25) is 6.79 Å². The number of benzene rings is 2. The Morgan fingerprint density at radius 2 is 1.86 bits per heavy atom. The fraction of sp³-hybridized carbons (Fsp3) is 0.300. The summed E-state index contributed by atoms with van der Waals surface area (Å²) in [6.07, 6.45) is -0.0113. The largest absolute Gasteiger partial charge is 0.497 e. The molecular weight excluding hydrogens is 366 g/mol. The van der Waals surface area contributed by atoms with E-state index < -0.39 is 11.9 Å². The number of ether oxygens (including phenoxy) is 5. The third-order valence-corrected chi connectivity index (χ3v) is 4.12. The number of rotatable bonds is 8. The van der Waals surface area contributed by atoms with Gasteiger partial charge in [0.25, 0.3) is 5.91 Å². The van der Waals surface area contributed by atoms with Crippen LogP contribution in [0.25, 0.3) is 0 Å². The number of fused-ring (bicyclic) bond motifs is 1. The van der Waals surface area contributed by atoms with E-state index in [1.165, 1.54) is 7.11 Å². The fourth-order valence-electron chi connectivity index (χ4n) is 2.65. The van der Waals surface area contributed by atoms with E-state index >= 15 is 0 Å². The standard InChI is InChI=1S/C20H21NO7/c1-24-15-5-4-14(17(9-15)25-2)8-20(23)26-11-19(22)21-10-13-3-6-16-18(7-13)28-12-27-16/h3-7,9H,8,10-12H2,1-2H3,(H,21,22). The van der Waals surface area contributed by atoms with Crippen LogP contribution in [0.5, 0.6) is 23.0 Å². The highest BCUT2D eigenvalue weighted by Crippen LogP contribution is 2.32. The Labute approximate surface area is 162 Å². The van der Waals surface area contributed by atoms with Crippen molar-refractivity contribution < 1.29 is 33.3 Å². The summed E-state index contributed by atoms with van der Waals surface area (Å²) >= 11 is 0. The number of methoxy groups -OCH3 is 2. The molecule has 8 heteroatoms. The lowest BCUT2D eigenvalue weighted by atomic mass is 10.1. The van der Waals surface area contributed by atoms with Crippen LogP contribution < -0.4 is 24.3 Å². The van der Waals surface area contributed by atoms with Crippen molar-refractivity contribution in [3.63, 3.8) is 0 Å². The van der Waals surface area contributed by atoms with Gasteiger partial charge in [-0.2, -0.15) is 0 Å². The lowest BCUT2D eigenvalue weighted by Crippen LogP contribution is -2.28. The van der Waals surface area contributed by atoms with Gasteiger partial charge in [-0.1, -0.05) is 12.1 Å². The van der Waals surface area contributed by atoms with E-state index in [9.17, 15) is 9.59 Å². The monoisotopic (exact) mass is 387 g/mol. The molecular formula is C20H21NO7. The summed E-state index contributed by atoms with van der Waals surface area (Å²) in [7, 11) is 3.05. The summed E-state index contributed by atoms with van der Waals surface area (Å²) in [6.45, 7) is 0.126. The number of amides is 1. The van der Waals surface area contributed by atoms with Crippen molar-refractivity contribution in [1.29, 1.82) is 0 Å². The molecule has 3 rings (SSSR count). The second kappa shape index (κ2) is 8.98. The molecule has 1 amide bonds. The summed E-state index contributed by atoms with van der Waals surface area (Å²) in [5, 5.41) is 2.69. The highest BCUT2D eigenvalue weighted by molar-refractivity contribution is 5.81. The minimum atomic E-state index is -0.526. The van der Waals surface area contributed by atoms with Crippen LogP contribution in [0.3, 0.4) is 0 Å². The van der Waals surface area contributed by atoms with Gasteiger partial charge in [-0.3, -0.25) is 9.59 Å². The molecule has 148 valence electrons. The topological polar surface area (TPSA) is 92.3 Å². The van der Waals surface area contributed by atoms with E-state index in [1.54, 1.807) is 37.4 Å². The minimum Gasteiger partial charge on any atom is -0.497 e. The zero-order valence-electron chi connectivity index (χ0n) is 15.7. The van der Waals surface area contributed by atoms with Gasteiger partial charge in [-0.15, -0.1) is 0 Å². The van der Waals surface area contributed by atoms with E-state index in [2.05, 4.69) is 5.32 Å². The van der Waals surface area contributed by atoms with Crippen molar-refractivity contribution in [2.24, 2.45) is 0 Å². The molecule has 0 aromatic heterocycles. The van der Waals surface area contributed by atoms with Crippen LogP contribution in [0.1, 0.15) is 11.1 Å². The van der Waals surface area contributed by atoms with Crippen molar-refractivity contribution in [3.8, 4) is 23.0 Å². The molecule has 2 aromatic rings. The Balaban J connectivity index is 1.45. The van der Waals surface area contributed by atoms with E-state index in [-0.39, 0.29) is 19.8 Å². The zero-order valence-corrected chi connectivity index (χ0v) is 15.7. The van der Waals surface area contributed by atoms with Crippen LogP contribution in [0.15, 0.2) is 36.4 Å². The number of hydrogen-bond donors (Lipinski definition) is 1. The van der Waals surface area contributed by atoms with Crippen LogP contribution in [0.4, 0.5) is 0 Å². The predicted molar refractivity (Wildman–Crippen MR) is 98.6 cm³/mol. The van der Waals surface area contributed by atoms with Crippen LogP contribution in [-0.2, 0) is 27.3 Å². The first-order valence-corrected chi connectivity index (χ1v) is 8.61. The Morgan fingerprint density at radius 1 is 1.04 bits per heavy atom. The molecule has 0 spiro atoms. The molecule has 1 aliphatic rings. The molecule has 8 nitrogen and oxygen atoms in total. The second-order valence-corrected chi connectivity index (χ2v) is 5.98. The molecule has 0 saturated heterocycles. The number of hydrogen-bond acceptors (Lipinski definition) is 7. The smallest absolute Gasteiger partial charge is 0.310 e. The maximum absolute atomic E-state index is 12.0. The van der Waals surface area contributed by atoms with Gasteiger partial charge in [-0.05, 0) is 23.8 Å². The summed E-state index contributed by atoms with van der Waals surface area (Å²) in [4.78, 5) is 24.0. The van der Waals surface area contributed by atoms with E-state index in [0.717, 1.165) is 5.56 Å². The molecule has 1 aliphatic heterocycles. The third-order valence-electron chi connectivity index (χ3n) is 4.12. The quantitative estimate of drug-likeness (QED) is 0.691. The molecule has 0 fully saturated rings. The van der Waals surface area contributed by atoms with Crippen LogP contribution in [0, 0.1) is 0 Å². The fourth-order valence-corrected chi connectivity index (χ4v) is 2.65. The van der Waals surface area contributed by atoms with E-state index in [0.29, 0.717) is 35.1 Å². The number of carbonyl (C=O) groups is 2. The maximum Gasteiger partial charge on any atom is 0.310 e. The van der Waals surface area contributed by atoms with Crippen molar-refractivity contribution >= 4 is 11.9 Å². The molecule has 2 aromatic carbocycles. The molecule has 0 saturated carbocycles. The van der Waals surface area contributed by atoms with Gasteiger partial charge in [-0.25, -0.2) is 0 Å². The molecule has 0 radical (unpaired) electrons. The molecule has 0 atom stereocenters. The summed E-state index contributed by atoms with van der Waals surface area (Å²) in [5.74, 6) is 1.54. The molecule has 1 N–H and O–H groups in total. The number of nitrogens with one attached hydrogen (secondary N) is 1. The highest BCUT2D eigenvalue weighted by Gasteiger charge is 2.15. The molecule has 0 unspecified atom stereocenters. The summed E-state index contributed by atoms with van der Waals surface area (Å²) in [6, 6.07) is 10.5. The number of carbonyl (C=O) groups excluding carboxylic acids is 2. The minimum absolute atomic E-state index is 0.0113. The van der Waals surface area contributed by atoms with Gasteiger partial charge < -0.3 is 29.0 Å². The van der Waals surface area contributed by atoms with Gasteiger partial charge >= 0.3 is 5.97 Å². The van der Waals surface area contributed by atoms with E-state index in [1.807, 2.05) is 6.07 Å². The lowest BCUT2D eigenvalue weighted by molar-refractivity contribution is -0.147. The van der Waals surface area contributed by atoms with Crippen molar-refractivity contribution in [2.75, 3.05) is 27.6 Å². The highest BCUT2D eigenvalue weighted by atomic mass is 16.7. The predicted octanol–water partition coefficient (Wildman–Crippen LogP) is 1.83. The lowest BCUT2D eigenvalue weighted by Gasteiger charge is -2.10. The Morgan fingerprint density at radius 3 is 2.64 bits per heavy atom. The second-order valence-electron chi connectivity index (χ2n) is 5.98. The summed E-state index contributed by atoms with van der Waals surface area (Å²) in [5.41, 5.74) is 1.50. The van der Waals surface area contributed by atoms with Crippen molar-refractivity contribution in [2.45, 2.75) is 13.0 Å². The zero-order chi connectivity index (χ0) is 19.9. The van der Waals surface area contributed by atoms with Crippen molar-refractivity contribution in [3.05, 3.63) is 47.5 Å². The first kappa shape index (κ1) is 19.3. The van der Waals surface area contributed by atoms with E-state index in [4.69, 9.17) is 23.7 Å². The van der Waals surface area contributed by atoms with Crippen LogP contribution in [0.2, 0.25) is 0 Å². The first-order chi connectivity index (χ1) is 13.6. The van der Waals surface area contributed by atoms with Gasteiger partial charge in [0.1, 0.15) is 11.5 Å². The van der Waals surface area contributed by atoms with Crippen LogP contribution in [-0.4, -0.2) is 39.5 Å². The van der Waals surface area contributed by atoms with Crippen LogP contribution >= 0.6 is 0 Å². The average molecular weight is 387 g/mol. The normalized spacial score (nSPS) is 11.6.